The Labute approximate surface area is 137 Å². The first-order valence-corrected chi connectivity index (χ1v) is 8.09. The highest BCUT2D eigenvalue weighted by molar-refractivity contribution is 5.88. The average Bonchev–Trinajstić information content (AvgIpc) is 3.13. The minimum atomic E-state index is -1.31. The highest BCUT2D eigenvalue weighted by Crippen LogP contribution is 2.05. The number of carboxylic acids is 2. The van der Waals surface area contributed by atoms with E-state index in [-0.39, 0.29) is 0 Å². The molecule has 0 saturated carbocycles. The normalized spacial score (nSPS) is 17.8. The second kappa shape index (κ2) is 14.4. The Bertz CT molecular complexity index is 285. The maximum Gasteiger partial charge on any atom is 0.314 e. The third kappa shape index (κ3) is 14.1. The van der Waals surface area contributed by atoms with E-state index < -0.39 is 18.4 Å². The molecule has 2 fully saturated rings. The summed E-state index contributed by atoms with van der Waals surface area (Å²) in [4.78, 5) is 23.4. The molecule has 0 aromatic rings. The van der Waals surface area contributed by atoms with Crippen molar-refractivity contribution >= 4 is 11.9 Å². The molecule has 0 bridgehead atoms. The number of carboxylic acid groups (broad SMARTS) is 2. The first kappa shape index (κ1) is 21.8. The second-order valence-corrected chi connectivity index (χ2v) is 5.51. The molecule has 0 aromatic heterocycles. The zero-order valence-corrected chi connectivity index (χ0v) is 13.7. The van der Waals surface area contributed by atoms with Crippen LogP contribution in [-0.2, 0) is 9.59 Å². The Balaban J connectivity index is 0.000000317. The fourth-order valence-electron chi connectivity index (χ4n) is 2.42. The molecule has 0 spiro atoms. The number of likely N-dealkylation sites (tertiary alicyclic amines) is 2. The van der Waals surface area contributed by atoms with Gasteiger partial charge in [0.25, 0.3) is 0 Å². The lowest BCUT2D eigenvalue weighted by molar-refractivity contribution is -0.147. The van der Waals surface area contributed by atoms with Gasteiger partial charge in [0.2, 0.25) is 0 Å². The number of hydrogen-bond acceptors (Lipinski definition) is 6. The van der Waals surface area contributed by atoms with Crippen LogP contribution >= 0.6 is 0 Å². The van der Waals surface area contributed by atoms with Gasteiger partial charge in [-0.3, -0.25) is 9.59 Å². The molecule has 23 heavy (non-hydrogen) atoms. The molecule has 4 N–H and O–H groups in total. The summed E-state index contributed by atoms with van der Waals surface area (Å²) in [6, 6.07) is 0. The molecular weight excluding hydrogens is 304 g/mol. The first-order valence-electron chi connectivity index (χ1n) is 8.09. The highest BCUT2D eigenvalue weighted by atomic mass is 16.4. The molecule has 2 rings (SSSR count). The van der Waals surface area contributed by atoms with Crippen LogP contribution in [0.2, 0.25) is 0 Å². The fraction of sp³-hybridized carbons (Fsp3) is 0.867. The van der Waals surface area contributed by atoms with Crippen molar-refractivity contribution in [2.75, 3.05) is 52.5 Å². The van der Waals surface area contributed by atoms with E-state index in [4.69, 9.17) is 20.4 Å². The van der Waals surface area contributed by atoms with Crippen molar-refractivity contribution in [3.8, 4) is 0 Å². The fourth-order valence-corrected chi connectivity index (χ4v) is 2.42. The average molecular weight is 334 g/mol. The van der Waals surface area contributed by atoms with Gasteiger partial charge in [-0.25, -0.2) is 0 Å². The van der Waals surface area contributed by atoms with Crippen molar-refractivity contribution < 1.29 is 30.0 Å². The smallest absolute Gasteiger partial charge is 0.314 e. The summed E-state index contributed by atoms with van der Waals surface area (Å²) in [7, 11) is 0. The van der Waals surface area contributed by atoms with Crippen LogP contribution in [0.25, 0.3) is 0 Å². The summed E-state index contributed by atoms with van der Waals surface area (Å²) in [6.07, 6.45) is 4.47. The van der Waals surface area contributed by atoms with Crippen molar-refractivity contribution in [3.63, 3.8) is 0 Å². The number of nitrogens with zero attached hydrogens (tertiary/aromatic N) is 2. The van der Waals surface area contributed by atoms with E-state index >= 15 is 0 Å². The first-order chi connectivity index (χ1) is 11.0. The Morgan fingerprint density at radius 1 is 0.696 bits per heavy atom. The summed E-state index contributed by atoms with van der Waals surface area (Å²) in [5, 5.41) is 32.4. The Morgan fingerprint density at radius 3 is 1.17 bits per heavy atom. The summed E-state index contributed by atoms with van der Waals surface area (Å²) in [6.45, 7) is 7.17. The van der Waals surface area contributed by atoms with Crippen LogP contribution in [0.15, 0.2) is 0 Å². The number of hydrogen-bond donors (Lipinski definition) is 4. The summed E-state index contributed by atoms with van der Waals surface area (Å²) < 4.78 is 0. The van der Waals surface area contributed by atoms with Gasteiger partial charge < -0.3 is 30.2 Å². The molecule has 2 saturated heterocycles. The summed E-state index contributed by atoms with van der Waals surface area (Å²) in [5.74, 6) is -2.62. The lowest BCUT2D eigenvalue weighted by atomic mass is 10.4. The molecule has 0 radical (unpaired) electrons. The number of aliphatic hydroxyl groups is 2. The topological polar surface area (TPSA) is 122 Å². The van der Waals surface area contributed by atoms with Crippen LogP contribution in [0.5, 0.6) is 0 Å². The Morgan fingerprint density at radius 2 is 1.00 bits per heavy atom. The molecule has 0 amide bonds. The van der Waals surface area contributed by atoms with Crippen LogP contribution in [0.3, 0.4) is 0 Å². The van der Waals surface area contributed by atoms with Crippen LogP contribution < -0.4 is 0 Å². The van der Waals surface area contributed by atoms with Gasteiger partial charge in [-0.2, -0.15) is 0 Å². The molecule has 136 valence electrons. The molecule has 8 heteroatoms. The van der Waals surface area contributed by atoms with E-state index in [0.717, 1.165) is 13.1 Å². The van der Waals surface area contributed by atoms with Crippen LogP contribution in [0.1, 0.15) is 32.1 Å². The number of aliphatic hydroxyl groups excluding tert-OH is 2. The third-order valence-electron chi connectivity index (χ3n) is 3.53. The van der Waals surface area contributed by atoms with Gasteiger partial charge >= 0.3 is 11.9 Å². The van der Waals surface area contributed by atoms with Gasteiger partial charge in [0.1, 0.15) is 6.42 Å². The van der Waals surface area contributed by atoms with E-state index in [0.29, 0.717) is 13.2 Å². The molecule has 2 aliphatic rings. The van der Waals surface area contributed by atoms with Crippen molar-refractivity contribution in [1.82, 2.24) is 9.80 Å². The van der Waals surface area contributed by atoms with E-state index in [1.807, 2.05) is 0 Å². The Hall–Kier alpha value is -1.22. The predicted octanol–water partition coefficient (Wildman–Crippen LogP) is -0.305. The number of aliphatic carboxylic acids is 2. The van der Waals surface area contributed by atoms with E-state index in [1.165, 1.54) is 51.9 Å². The third-order valence-corrected chi connectivity index (χ3v) is 3.53. The van der Waals surface area contributed by atoms with Gasteiger partial charge in [-0.1, -0.05) is 0 Å². The minimum Gasteiger partial charge on any atom is -0.481 e. The quantitative estimate of drug-likeness (QED) is 0.488. The molecule has 0 aliphatic carbocycles. The molecule has 0 atom stereocenters. The molecule has 2 aliphatic heterocycles. The molecule has 0 unspecified atom stereocenters. The van der Waals surface area contributed by atoms with Gasteiger partial charge in [-0.05, 0) is 51.9 Å². The van der Waals surface area contributed by atoms with Crippen molar-refractivity contribution in [2.45, 2.75) is 32.1 Å². The van der Waals surface area contributed by atoms with E-state index in [2.05, 4.69) is 9.80 Å². The van der Waals surface area contributed by atoms with E-state index in [9.17, 15) is 9.59 Å². The molecule has 0 aromatic carbocycles. The monoisotopic (exact) mass is 334 g/mol. The summed E-state index contributed by atoms with van der Waals surface area (Å²) in [5.41, 5.74) is 0. The lowest BCUT2D eigenvalue weighted by Crippen LogP contribution is -2.22. The standard InChI is InChI=1S/2C6H13NO.C3H4O4/c2*8-6-5-7-3-1-2-4-7;4-2(5)1-3(6)7/h2*8H,1-6H2;1H2,(H,4,5)(H,6,7). The molecule has 2 heterocycles. The van der Waals surface area contributed by atoms with Gasteiger partial charge in [0, 0.05) is 13.1 Å². The van der Waals surface area contributed by atoms with Gasteiger partial charge in [-0.15, -0.1) is 0 Å². The largest absolute Gasteiger partial charge is 0.481 e. The molecular formula is C15H30N2O6. The predicted molar refractivity (Wildman–Crippen MR) is 85.4 cm³/mol. The maximum atomic E-state index is 9.43. The van der Waals surface area contributed by atoms with Crippen molar-refractivity contribution in [2.24, 2.45) is 0 Å². The van der Waals surface area contributed by atoms with Crippen molar-refractivity contribution in [3.05, 3.63) is 0 Å². The SMILES string of the molecule is O=C(O)CC(=O)O.OCCN1CCCC1.OCCN1CCCC1. The zero-order valence-electron chi connectivity index (χ0n) is 13.7. The molecule has 8 nitrogen and oxygen atoms in total. The van der Waals surface area contributed by atoms with Gasteiger partial charge in [0.15, 0.2) is 0 Å². The Kier molecular flexibility index (Phi) is 13.6. The van der Waals surface area contributed by atoms with Gasteiger partial charge in [0.05, 0.1) is 13.2 Å². The van der Waals surface area contributed by atoms with Crippen LogP contribution in [0.4, 0.5) is 0 Å². The number of rotatable bonds is 6. The summed E-state index contributed by atoms with van der Waals surface area (Å²) >= 11 is 0. The maximum absolute atomic E-state index is 9.43. The van der Waals surface area contributed by atoms with Crippen LogP contribution in [0, 0.1) is 0 Å². The number of β-amino-alcohol motifs (C(OH)–C–C–N with tert-alkyl or cyclic N) is 2. The van der Waals surface area contributed by atoms with Crippen LogP contribution in [-0.4, -0.2) is 94.6 Å². The number of carbonyl (C=O) groups is 2. The second-order valence-electron chi connectivity index (χ2n) is 5.51. The van der Waals surface area contributed by atoms with Crippen molar-refractivity contribution in [1.29, 1.82) is 0 Å². The lowest BCUT2D eigenvalue weighted by Gasteiger charge is -2.10. The highest BCUT2D eigenvalue weighted by Gasteiger charge is 2.09. The zero-order chi connectivity index (χ0) is 17.5. The minimum absolute atomic E-state index is 0.319. The van der Waals surface area contributed by atoms with E-state index in [1.54, 1.807) is 0 Å².